The zero-order valence-electron chi connectivity index (χ0n) is 12.6. The quantitative estimate of drug-likeness (QED) is 0.910. The van der Waals surface area contributed by atoms with Gasteiger partial charge in [0.2, 0.25) is 0 Å². The summed E-state index contributed by atoms with van der Waals surface area (Å²) in [5.74, 6) is 1.78. The molecule has 2 N–H and O–H groups in total. The Kier molecular flexibility index (Phi) is 4.69. The van der Waals surface area contributed by atoms with Crippen LogP contribution in [0.15, 0.2) is 16.7 Å². The summed E-state index contributed by atoms with van der Waals surface area (Å²) < 4.78 is 5.41. The molecule has 2 rings (SSSR count). The highest BCUT2D eigenvalue weighted by Gasteiger charge is 2.27. The average Bonchev–Trinajstić information content (AvgIpc) is 2.63. The summed E-state index contributed by atoms with van der Waals surface area (Å²) >= 11 is 0. The van der Waals surface area contributed by atoms with Crippen LogP contribution in [-0.4, -0.2) is 18.0 Å². The van der Waals surface area contributed by atoms with Crippen molar-refractivity contribution in [2.45, 2.75) is 53.1 Å². The van der Waals surface area contributed by atoms with E-state index in [1.165, 1.54) is 37.9 Å². The molecule has 1 fully saturated rings. The van der Waals surface area contributed by atoms with E-state index >= 15 is 0 Å². The van der Waals surface area contributed by atoms with Crippen LogP contribution in [0.4, 0.5) is 0 Å². The highest BCUT2D eigenvalue weighted by molar-refractivity contribution is 5.16. The summed E-state index contributed by atoms with van der Waals surface area (Å²) in [6.07, 6.45) is 5.72. The fourth-order valence-corrected chi connectivity index (χ4v) is 3.11. The van der Waals surface area contributed by atoms with Gasteiger partial charge in [-0.1, -0.05) is 20.8 Å². The smallest absolute Gasteiger partial charge is 0.121 e. The molecule has 2 heterocycles. The molecular formula is C16H28N2O. The molecule has 0 aliphatic carbocycles. The number of hydrogen-bond acceptors (Lipinski definition) is 3. The Morgan fingerprint density at radius 3 is 2.79 bits per heavy atom. The Hall–Kier alpha value is -0.800. The van der Waals surface area contributed by atoms with Crippen molar-refractivity contribution in [3.63, 3.8) is 0 Å². The molecule has 0 amide bonds. The molecule has 0 aromatic carbocycles. The van der Waals surface area contributed by atoms with Gasteiger partial charge in [0, 0.05) is 12.1 Å². The van der Waals surface area contributed by atoms with Crippen molar-refractivity contribution < 1.29 is 4.42 Å². The third-order valence-electron chi connectivity index (χ3n) is 4.46. The number of nitrogens with zero attached hydrogens (tertiary/aromatic N) is 1. The number of hydrogen-bond donors (Lipinski definition) is 1. The standard InChI is InChI=1S/C16H28N2O/c1-16(2,3)14-5-4-8-18(9-6-14)12-13-7-10-19-15(13)11-17/h7,10,14H,4-6,8-9,11-12,17H2,1-3H3. The van der Waals surface area contributed by atoms with Gasteiger partial charge in [-0.3, -0.25) is 4.90 Å². The maximum atomic E-state index is 5.70. The van der Waals surface area contributed by atoms with Gasteiger partial charge in [-0.05, 0) is 49.8 Å². The number of furan rings is 1. The molecule has 0 radical (unpaired) electrons. The molecule has 1 aliphatic heterocycles. The Balaban J connectivity index is 1.93. The predicted octanol–water partition coefficient (Wildman–Crippen LogP) is 3.39. The van der Waals surface area contributed by atoms with Crippen molar-refractivity contribution in [1.29, 1.82) is 0 Å². The van der Waals surface area contributed by atoms with Gasteiger partial charge in [-0.25, -0.2) is 0 Å². The van der Waals surface area contributed by atoms with Gasteiger partial charge in [0.25, 0.3) is 0 Å². The fourth-order valence-electron chi connectivity index (χ4n) is 3.11. The van der Waals surface area contributed by atoms with Crippen LogP contribution >= 0.6 is 0 Å². The summed E-state index contributed by atoms with van der Waals surface area (Å²) in [4.78, 5) is 2.55. The predicted molar refractivity (Wildman–Crippen MR) is 78.7 cm³/mol. The van der Waals surface area contributed by atoms with Crippen molar-refractivity contribution in [1.82, 2.24) is 4.90 Å². The zero-order valence-corrected chi connectivity index (χ0v) is 12.6. The van der Waals surface area contributed by atoms with Crippen LogP contribution < -0.4 is 5.73 Å². The second kappa shape index (κ2) is 6.10. The molecule has 1 atom stereocenters. The van der Waals surface area contributed by atoms with Gasteiger partial charge < -0.3 is 10.2 Å². The second-order valence-electron chi connectivity index (χ2n) is 6.84. The summed E-state index contributed by atoms with van der Waals surface area (Å²) in [7, 11) is 0. The summed E-state index contributed by atoms with van der Waals surface area (Å²) in [5, 5.41) is 0. The molecule has 3 heteroatoms. The Morgan fingerprint density at radius 1 is 1.32 bits per heavy atom. The number of nitrogens with two attached hydrogens (primary N) is 1. The summed E-state index contributed by atoms with van der Waals surface area (Å²) in [5.41, 5.74) is 7.40. The van der Waals surface area contributed by atoms with E-state index < -0.39 is 0 Å². The van der Waals surface area contributed by atoms with Gasteiger partial charge in [0.15, 0.2) is 0 Å². The van der Waals surface area contributed by atoms with Gasteiger partial charge in [-0.15, -0.1) is 0 Å². The molecule has 19 heavy (non-hydrogen) atoms. The molecule has 108 valence electrons. The molecule has 1 aromatic rings. The molecule has 1 saturated heterocycles. The first-order chi connectivity index (χ1) is 9.00. The van der Waals surface area contributed by atoms with E-state index in [1.807, 2.05) is 0 Å². The van der Waals surface area contributed by atoms with Gasteiger partial charge in [-0.2, -0.15) is 0 Å². The van der Waals surface area contributed by atoms with E-state index in [2.05, 4.69) is 31.7 Å². The second-order valence-corrected chi connectivity index (χ2v) is 6.84. The highest BCUT2D eigenvalue weighted by Crippen LogP contribution is 2.34. The maximum absolute atomic E-state index is 5.70. The maximum Gasteiger partial charge on any atom is 0.121 e. The third-order valence-corrected chi connectivity index (χ3v) is 4.46. The van der Waals surface area contributed by atoms with Crippen molar-refractivity contribution in [2.75, 3.05) is 13.1 Å². The van der Waals surface area contributed by atoms with Gasteiger partial charge >= 0.3 is 0 Å². The third kappa shape index (κ3) is 3.83. The SMILES string of the molecule is CC(C)(C)C1CCCN(Cc2ccoc2CN)CC1. The molecule has 0 spiro atoms. The molecule has 1 unspecified atom stereocenters. The van der Waals surface area contributed by atoms with E-state index in [-0.39, 0.29) is 0 Å². The molecular weight excluding hydrogens is 236 g/mol. The Labute approximate surface area is 117 Å². The molecule has 0 saturated carbocycles. The fraction of sp³-hybridized carbons (Fsp3) is 0.750. The van der Waals surface area contributed by atoms with E-state index in [9.17, 15) is 0 Å². The highest BCUT2D eigenvalue weighted by atomic mass is 16.3. The van der Waals surface area contributed by atoms with Gasteiger partial charge in [0.1, 0.15) is 5.76 Å². The minimum atomic E-state index is 0.439. The van der Waals surface area contributed by atoms with E-state index in [0.717, 1.165) is 18.2 Å². The molecule has 0 bridgehead atoms. The topological polar surface area (TPSA) is 42.4 Å². The van der Waals surface area contributed by atoms with Crippen LogP contribution in [0.25, 0.3) is 0 Å². The Morgan fingerprint density at radius 2 is 2.11 bits per heavy atom. The van der Waals surface area contributed by atoms with E-state index in [4.69, 9.17) is 10.2 Å². The van der Waals surface area contributed by atoms with Crippen molar-refractivity contribution in [3.05, 3.63) is 23.7 Å². The first kappa shape index (κ1) is 14.6. The first-order valence-electron chi connectivity index (χ1n) is 7.48. The largest absolute Gasteiger partial charge is 0.468 e. The van der Waals surface area contributed by atoms with Crippen molar-refractivity contribution >= 4 is 0 Å². The van der Waals surface area contributed by atoms with Crippen LogP contribution in [0.5, 0.6) is 0 Å². The zero-order chi connectivity index (χ0) is 13.9. The van der Waals surface area contributed by atoms with Crippen LogP contribution in [0.3, 0.4) is 0 Å². The number of likely N-dealkylation sites (tertiary alicyclic amines) is 1. The van der Waals surface area contributed by atoms with E-state index in [0.29, 0.717) is 12.0 Å². The van der Waals surface area contributed by atoms with E-state index in [1.54, 1.807) is 6.26 Å². The van der Waals surface area contributed by atoms with Crippen molar-refractivity contribution in [3.8, 4) is 0 Å². The average molecular weight is 264 g/mol. The molecule has 3 nitrogen and oxygen atoms in total. The number of rotatable bonds is 3. The van der Waals surface area contributed by atoms with Gasteiger partial charge in [0.05, 0.1) is 12.8 Å². The molecule has 1 aromatic heterocycles. The lowest BCUT2D eigenvalue weighted by atomic mass is 9.77. The lowest BCUT2D eigenvalue weighted by Crippen LogP contribution is -2.26. The van der Waals surface area contributed by atoms with Crippen LogP contribution in [0.2, 0.25) is 0 Å². The lowest BCUT2D eigenvalue weighted by molar-refractivity contribution is 0.206. The summed E-state index contributed by atoms with van der Waals surface area (Å²) in [6.45, 7) is 11.0. The molecule has 1 aliphatic rings. The van der Waals surface area contributed by atoms with Crippen LogP contribution in [-0.2, 0) is 13.1 Å². The van der Waals surface area contributed by atoms with Crippen LogP contribution in [0, 0.1) is 11.3 Å². The Bertz CT molecular complexity index is 392. The minimum absolute atomic E-state index is 0.439. The normalized spacial score (nSPS) is 22.4. The lowest BCUT2D eigenvalue weighted by Gasteiger charge is -2.29. The first-order valence-corrected chi connectivity index (χ1v) is 7.48. The van der Waals surface area contributed by atoms with Crippen LogP contribution in [0.1, 0.15) is 51.4 Å². The minimum Gasteiger partial charge on any atom is -0.468 e. The summed E-state index contributed by atoms with van der Waals surface area (Å²) in [6, 6.07) is 2.06. The monoisotopic (exact) mass is 264 g/mol. The van der Waals surface area contributed by atoms with Crippen molar-refractivity contribution in [2.24, 2.45) is 17.1 Å².